The van der Waals surface area contributed by atoms with Gasteiger partial charge in [-0.3, -0.25) is 4.79 Å². The van der Waals surface area contributed by atoms with Crippen molar-refractivity contribution in [2.24, 2.45) is 0 Å². The van der Waals surface area contributed by atoms with Crippen LogP contribution in [-0.4, -0.2) is 47.7 Å². The van der Waals surface area contributed by atoms with Crippen LogP contribution < -0.4 is 0 Å². The number of carbonyl (C=O) groups excluding carboxylic acids is 1. The van der Waals surface area contributed by atoms with Crippen LogP contribution in [0.15, 0.2) is 0 Å². The van der Waals surface area contributed by atoms with Crippen LogP contribution in [0.25, 0.3) is 0 Å². The van der Waals surface area contributed by atoms with Gasteiger partial charge in [-0.05, 0) is 26.2 Å². The van der Waals surface area contributed by atoms with Gasteiger partial charge in [0.25, 0.3) is 0 Å². The summed E-state index contributed by atoms with van der Waals surface area (Å²) < 4.78 is 4.99. The molecule has 0 unspecified atom stereocenters. The van der Waals surface area contributed by atoms with Gasteiger partial charge in [-0.25, -0.2) is 4.79 Å². The van der Waals surface area contributed by atoms with Crippen molar-refractivity contribution in [1.29, 1.82) is 0 Å². The molecule has 1 atom stereocenters. The first-order valence-corrected chi connectivity index (χ1v) is 5.26. The first-order chi connectivity index (χ1) is 7.16. The number of carboxylic acids is 1. The van der Waals surface area contributed by atoms with Gasteiger partial charge in [0.05, 0.1) is 0 Å². The van der Waals surface area contributed by atoms with E-state index >= 15 is 0 Å². The van der Waals surface area contributed by atoms with E-state index in [-0.39, 0.29) is 12.5 Å². The highest BCUT2D eigenvalue weighted by molar-refractivity contribution is 5.84. The minimum absolute atomic E-state index is 0.0136. The molecule has 15 heavy (non-hydrogen) atoms. The molecule has 1 N–H and O–H groups in total. The molecule has 1 fully saturated rings. The third-order valence-corrected chi connectivity index (χ3v) is 2.54. The van der Waals surface area contributed by atoms with Crippen molar-refractivity contribution in [3.63, 3.8) is 0 Å². The summed E-state index contributed by atoms with van der Waals surface area (Å²) in [4.78, 5) is 23.9. The summed E-state index contributed by atoms with van der Waals surface area (Å²) in [5, 5.41) is 8.95. The lowest BCUT2D eigenvalue weighted by atomic mass is 10.0. The van der Waals surface area contributed by atoms with Crippen LogP contribution in [0, 0.1) is 0 Å². The minimum Gasteiger partial charge on any atom is -0.480 e. The molecular formula is C10H17NO4. The second-order valence-electron chi connectivity index (χ2n) is 3.57. The van der Waals surface area contributed by atoms with Crippen LogP contribution >= 0.6 is 0 Å². The molecule has 0 radical (unpaired) electrons. The quantitative estimate of drug-likeness (QED) is 0.741. The Morgan fingerprint density at radius 3 is 2.80 bits per heavy atom. The number of carboxylic acid groups (broad SMARTS) is 1. The largest absolute Gasteiger partial charge is 0.480 e. The zero-order valence-corrected chi connectivity index (χ0v) is 8.94. The number of amides is 1. The number of nitrogens with zero attached hydrogens (tertiary/aromatic N) is 1. The van der Waals surface area contributed by atoms with Gasteiger partial charge in [-0.15, -0.1) is 0 Å². The molecule has 1 rings (SSSR count). The van der Waals surface area contributed by atoms with Crippen LogP contribution in [0.4, 0.5) is 0 Å². The average molecular weight is 215 g/mol. The molecule has 5 heteroatoms. The summed E-state index contributed by atoms with van der Waals surface area (Å²) in [5.74, 6) is -1.14. The highest BCUT2D eigenvalue weighted by Gasteiger charge is 2.31. The molecule has 0 aromatic carbocycles. The Kier molecular flexibility index (Phi) is 4.55. The third kappa shape index (κ3) is 3.20. The number of likely N-dealkylation sites (tertiary alicyclic amines) is 1. The Hall–Kier alpha value is -1.10. The van der Waals surface area contributed by atoms with E-state index in [1.54, 1.807) is 6.92 Å². The number of hydrogen-bond donors (Lipinski definition) is 1. The maximum Gasteiger partial charge on any atom is 0.326 e. The Bertz CT molecular complexity index is 242. The van der Waals surface area contributed by atoms with Crippen molar-refractivity contribution in [3.8, 4) is 0 Å². The molecule has 0 bridgehead atoms. The topological polar surface area (TPSA) is 66.8 Å². The van der Waals surface area contributed by atoms with Gasteiger partial charge in [0.2, 0.25) is 5.91 Å². The fourth-order valence-corrected chi connectivity index (χ4v) is 1.76. The summed E-state index contributed by atoms with van der Waals surface area (Å²) in [5.41, 5.74) is 0. The van der Waals surface area contributed by atoms with Crippen molar-refractivity contribution in [3.05, 3.63) is 0 Å². The number of rotatable bonds is 4. The molecule has 0 saturated carbocycles. The van der Waals surface area contributed by atoms with E-state index in [1.165, 1.54) is 4.90 Å². The molecule has 86 valence electrons. The molecular weight excluding hydrogens is 198 g/mol. The molecule has 1 aliphatic rings. The fraction of sp³-hybridized carbons (Fsp3) is 0.800. The van der Waals surface area contributed by atoms with E-state index in [9.17, 15) is 9.59 Å². The van der Waals surface area contributed by atoms with E-state index in [0.29, 0.717) is 19.6 Å². The normalized spacial score (nSPS) is 21.4. The van der Waals surface area contributed by atoms with Gasteiger partial charge in [0, 0.05) is 13.2 Å². The van der Waals surface area contributed by atoms with Crippen LogP contribution in [-0.2, 0) is 14.3 Å². The summed E-state index contributed by atoms with van der Waals surface area (Å²) in [6.07, 6.45) is 2.30. The smallest absolute Gasteiger partial charge is 0.326 e. The Morgan fingerprint density at radius 1 is 1.47 bits per heavy atom. The maximum atomic E-state index is 11.6. The zero-order valence-electron chi connectivity index (χ0n) is 8.94. The van der Waals surface area contributed by atoms with Gasteiger partial charge in [-0.1, -0.05) is 0 Å². The molecule has 0 spiro atoms. The molecule has 1 amide bonds. The summed E-state index contributed by atoms with van der Waals surface area (Å²) in [6.45, 7) is 2.79. The molecule has 1 heterocycles. The van der Waals surface area contributed by atoms with Crippen LogP contribution in [0.3, 0.4) is 0 Å². The number of carbonyl (C=O) groups is 2. The van der Waals surface area contributed by atoms with Gasteiger partial charge < -0.3 is 14.7 Å². The van der Waals surface area contributed by atoms with Gasteiger partial charge >= 0.3 is 5.97 Å². The van der Waals surface area contributed by atoms with Crippen molar-refractivity contribution >= 4 is 11.9 Å². The first-order valence-electron chi connectivity index (χ1n) is 5.26. The average Bonchev–Trinajstić information content (AvgIpc) is 2.25. The van der Waals surface area contributed by atoms with Crippen molar-refractivity contribution in [1.82, 2.24) is 4.90 Å². The third-order valence-electron chi connectivity index (χ3n) is 2.54. The van der Waals surface area contributed by atoms with Gasteiger partial charge in [0.15, 0.2) is 0 Å². The number of piperidine rings is 1. The lowest BCUT2D eigenvalue weighted by molar-refractivity contribution is -0.154. The minimum atomic E-state index is -0.917. The zero-order chi connectivity index (χ0) is 11.3. The van der Waals surface area contributed by atoms with E-state index in [0.717, 1.165) is 12.8 Å². The van der Waals surface area contributed by atoms with Crippen LogP contribution in [0.1, 0.15) is 26.2 Å². The predicted octanol–water partition coefficient (Wildman–Crippen LogP) is 0.489. The van der Waals surface area contributed by atoms with E-state index in [2.05, 4.69) is 0 Å². The maximum absolute atomic E-state index is 11.6. The molecule has 5 nitrogen and oxygen atoms in total. The van der Waals surface area contributed by atoms with E-state index in [4.69, 9.17) is 9.84 Å². The first kappa shape index (κ1) is 12.0. The van der Waals surface area contributed by atoms with Gasteiger partial charge in [-0.2, -0.15) is 0 Å². The van der Waals surface area contributed by atoms with E-state index in [1.807, 2.05) is 0 Å². The number of hydrogen-bond acceptors (Lipinski definition) is 3. The molecule has 1 saturated heterocycles. The van der Waals surface area contributed by atoms with Crippen LogP contribution in [0.2, 0.25) is 0 Å². The van der Waals surface area contributed by atoms with Gasteiger partial charge in [0.1, 0.15) is 12.6 Å². The van der Waals surface area contributed by atoms with E-state index < -0.39 is 12.0 Å². The summed E-state index contributed by atoms with van der Waals surface area (Å²) in [6, 6.07) is -0.660. The SMILES string of the molecule is CCOCC(=O)N1CCCC[C@@H]1C(=O)O. The highest BCUT2D eigenvalue weighted by Crippen LogP contribution is 2.17. The molecule has 0 aliphatic carbocycles. The lowest BCUT2D eigenvalue weighted by Gasteiger charge is -2.32. The highest BCUT2D eigenvalue weighted by atomic mass is 16.5. The van der Waals surface area contributed by atoms with Crippen molar-refractivity contribution < 1.29 is 19.4 Å². The monoisotopic (exact) mass is 215 g/mol. The lowest BCUT2D eigenvalue weighted by Crippen LogP contribution is -2.49. The standard InChI is InChI=1S/C10H17NO4/c1-2-15-7-9(12)11-6-4-3-5-8(11)10(13)14/h8H,2-7H2,1H3,(H,13,14)/t8-/m1/s1. The molecule has 0 aromatic rings. The Morgan fingerprint density at radius 2 is 2.20 bits per heavy atom. The predicted molar refractivity (Wildman–Crippen MR) is 53.5 cm³/mol. The molecule has 0 aromatic heterocycles. The Labute approximate surface area is 89.0 Å². The second-order valence-corrected chi connectivity index (χ2v) is 3.57. The fourth-order valence-electron chi connectivity index (χ4n) is 1.76. The molecule has 1 aliphatic heterocycles. The second kappa shape index (κ2) is 5.70. The Balaban J connectivity index is 2.55. The summed E-state index contributed by atoms with van der Waals surface area (Å²) >= 11 is 0. The van der Waals surface area contributed by atoms with Crippen LogP contribution in [0.5, 0.6) is 0 Å². The van der Waals surface area contributed by atoms with Crippen molar-refractivity contribution in [2.45, 2.75) is 32.2 Å². The van der Waals surface area contributed by atoms with Crippen molar-refractivity contribution in [2.75, 3.05) is 19.8 Å². The number of aliphatic carboxylic acids is 1. The number of ether oxygens (including phenoxy) is 1. The summed E-state index contributed by atoms with van der Waals surface area (Å²) in [7, 11) is 0.